The highest BCUT2D eigenvalue weighted by atomic mass is 16.5. The van der Waals surface area contributed by atoms with Gasteiger partial charge in [-0.3, -0.25) is 4.79 Å². The lowest BCUT2D eigenvalue weighted by Crippen LogP contribution is -2.34. The minimum Gasteiger partial charge on any atom is -0.493 e. The van der Waals surface area contributed by atoms with Gasteiger partial charge in [-0.1, -0.05) is 18.2 Å². The zero-order valence-corrected chi connectivity index (χ0v) is 16.3. The van der Waals surface area contributed by atoms with Crippen LogP contribution in [-0.2, 0) is 11.3 Å². The van der Waals surface area contributed by atoms with Crippen LogP contribution in [-0.4, -0.2) is 45.2 Å². The van der Waals surface area contributed by atoms with E-state index in [-0.39, 0.29) is 12.5 Å². The number of ether oxygens (including phenoxy) is 2. The van der Waals surface area contributed by atoms with E-state index in [4.69, 9.17) is 9.47 Å². The predicted molar refractivity (Wildman–Crippen MR) is 105 cm³/mol. The molecule has 0 aromatic heterocycles. The van der Waals surface area contributed by atoms with Crippen LogP contribution in [0.25, 0.3) is 0 Å². The predicted octanol–water partition coefficient (Wildman–Crippen LogP) is 3.50. The number of anilines is 1. The molecular formula is C21H28N2O3. The summed E-state index contributed by atoms with van der Waals surface area (Å²) in [5, 5.41) is 0. The van der Waals surface area contributed by atoms with Crippen molar-refractivity contribution in [2.24, 2.45) is 0 Å². The minimum atomic E-state index is -0.0492. The largest absolute Gasteiger partial charge is 0.493 e. The lowest BCUT2D eigenvalue weighted by atomic mass is 10.2. The van der Waals surface area contributed by atoms with Crippen molar-refractivity contribution in [2.45, 2.75) is 20.4 Å². The third-order valence-electron chi connectivity index (χ3n) is 4.23. The van der Waals surface area contributed by atoms with E-state index in [1.165, 1.54) is 0 Å². The van der Waals surface area contributed by atoms with E-state index in [1.807, 2.05) is 46.1 Å². The normalized spacial score (nSPS) is 10.3. The molecule has 0 radical (unpaired) electrons. The van der Waals surface area contributed by atoms with Crippen LogP contribution >= 0.6 is 0 Å². The van der Waals surface area contributed by atoms with Gasteiger partial charge >= 0.3 is 0 Å². The number of hydrogen-bond acceptors (Lipinski definition) is 4. The SMILES string of the molecule is CCN(Cc1ccc(N(C)C)cc1)C(=O)COc1ccc(C)cc1OC. The van der Waals surface area contributed by atoms with Crippen LogP contribution in [0.4, 0.5) is 5.69 Å². The maximum absolute atomic E-state index is 12.5. The zero-order chi connectivity index (χ0) is 19.1. The number of amides is 1. The van der Waals surface area contributed by atoms with Gasteiger partial charge in [-0.05, 0) is 49.2 Å². The van der Waals surface area contributed by atoms with E-state index in [0.29, 0.717) is 24.6 Å². The highest BCUT2D eigenvalue weighted by molar-refractivity contribution is 5.77. The van der Waals surface area contributed by atoms with Gasteiger partial charge in [0.25, 0.3) is 5.91 Å². The van der Waals surface area contributed by atoms with Crippen molar-refractivity contribution in [3.05, 3.63) is 53.6 Å². The molecule has 0 aliphatic carbocycles. The molecule has 2 aromatic carbocycles. The monoisotopic (exact) mass is 356 g/mol. The molecule has 26 heavy (non-hydrogen) atoms. The van der Waals surface area contributed by atoms with E-state index < -0.39 is 0 Å². The lowest BCUT2D eigenvalue weighted by molar-refractivity contribution is -0.133. The van der Waals surface area contributed by atoms with E-state index >= 15 is 0 Å². The van der Waals surface area contributed by atoms with Gasteiger partial charge in [0.15, 0.2) is 18.1 Å². The summed E-state index contributed by atoms with van der Waals surface area (Å²) in [4.78, 5) is 16.4. The first-order valence-corrected chi connectivity index (χ1v) is 8.76. The summed E-state index contributed by atoms with van der Waals surface area (Å²) < 4.78 is 11.0. The maximum atomic E-state index is 12.5. The van der Waals surface area contributed by atoms with Crippen molar-refractivity contribution in [3.8, 4) is 11.5 Å². The van der Waals surface area contributed by atoms with Gasteiger partial charge in [0.2, 0.25) is 0 Å². The number of likely N-dealkylation sites (N-methyl/N-ethyl adjacent to an activating group) is 1. The number of benzene rings is 2. The summed E-state index contributed by atoms with van der Waals surface area (Å²) in [6.07, 6.45) is 0. The molecule has 0 fully saturated rings. The van der Waals surface area contributed by atoms with Crippen LogP contribution in [0.3, 0.4) is 0 Å². The average molecular weight is 356 g/mol. The number of carbonyl (C=O) groups excluding carboxylic acids is 1. The van der Waals surface area contributed by atoms with Crippen LogP contribution in [0.2, 0.25) is 0 Å². The second-order valence-electron chi connectivity index (χ2n) is 6.41. The highest BCUT2D eigenvalue weighted by Gasteiger charge is 2.14. The fraction of sp³-hybridized carbons (Fsp3) is 0.381. The van der Waals surface area contributed by atoms with Crippen molar-refractivity contribution < 1.29 is 14.3 Å². The molecule has 2 aromatic rings. The molecule has 0 bridgehead atoms. The van der Waals surface area contributed by atoms with Crippen molar-refractivity contribution in [2.75, 3.05) is 39.3 Å². The molecule has 0 N–H and O–H groups in total. The van der Waals surface area contributed by atoms with E-state index in [2.05, 4.69) is 29.2 Å². The molecule has 0 saturated heterocycles. The lowest BCUT2D eigenvalue weighted by Gasteiger charge is -2.22. The van der Waals surface area contributed by atoms with Crippen molar-refractivity contribution in [1.82, 2.24) is 4.90 Å². The van der Waals surface area contributed by atoms with Gasteiger partial charge in [-0.25, -0.2) is 0 Å². The Bertz CT molecular complexity index is 727. The molecule has 0 unspecified atom stereocenters. The van der Waals surface area contributed by atoms with Crippen LogP contribution in [0, 0.1) is 6.92 Å². The second-order valence-corrected chi connectivity index (χ2v) is 6.41. The number of carbonyl (C=O) groups is 1. The van der Waals surface area contributed by atoms with E-state index in [1.54, 1.807) is 12.0 Å². The van der Waals surface area contributed by atoms with Gasteiger partial charge in [-0.15, -0.1) is 0 Å². The Hall–Kier alpha value is -2.69. The molecule has 5 heteroatoms. The van der Waals surface area contributed by atoms with E-state index in [9.17, 15) is 4.79 Å². The molecule has 5 nitrogen and oxygen atoms in total. The van der Waals surface area contributed by atoms with Gasteiger partial charge in [-0.2, -0.15) is 0 Å². The maximum Gasteiger partial charge on any atom is 0.260 e. The molecule has 0 saturated carbocycles. The summed E-state index contributed by atoms with van der Waals surface area (Å²) >= 11 is 0. The summed E-state index contributed by atoms with van der Waals surface area (Å²) in [5.74, 6) is 1.17. The van der Waals surface area contributed by atoms with Crippen LogP contribution < -0.4 is 14.4 Å². The van der Waals surface area contributed by atoms with Crippen molar-refractivity contribution >= 4 is 11.6 Å². The number of aryl methyl sites for hydroxylation is 1. The molecule has 0 aliphatic rings. The van der Waals surface area contributed by atoms with Crippen LogP contribution in [0.5, 0.6) is 11.5 Å². The highest BCUT2D eigenvalue weighted by Crippen LogP contribution is 2.27. The Labute approximate surface area is 156 Å². The number of nitrogens with zero attached hydrogens (tertiary/aromatic N) is 2. The fourth-order valence-corrected chi connectivity index (χ4v) is 2.62. The van der Waals surface area contributed by atoms with Gasteiger partial charge in [0.1, 0.15) is 0 Å². The van der Waals surface area contributed by atoms with Crippen molar-refractivity contribution in [3.63, 3.8) is 0 Å². The van der Waals surface area contributed by atoms with E-state index in [0.717, 1.165) is 16.8 Å². The van der Waals surface area contributed by atoms with Crippen LogP contribution in [0.15, 0.2) is 42.5 Å². The second kappa shape index (κ2) is 9.13. The van der Waals surface area contributed by atoms with Crippen molar-refractivity contribution in [1.29, 1.82) is 0 Å². The quantitative estimate of drug-likeness (QED) is 0.726. The molecule has 0 heterocycles. The topological polar surface area (TPSA) is 42.0 Å². The smallest absolute Gasteiger partial charge is 0.260 e. The summed E-state index contributed by atoms with van der Waals surface area (Å²) in [6, 6.07) is 13.9. The standard InChI is InChI=1S/C21H28N2O3/c1-6-23(14-17-8-10-18(11-9-17)22(3)4)21(24)15-26-19-12-7-16(2)13-20(19)25-5/h7-13H,6,14-15H2,1-5H3. The molecular weight excluding hydrogens is 328 g/mol. The van der Waals surface area contributed by atoms with Crippen LogP contribution in [0.1, 0.15) is 18.1 Å². The van der Waals surface area contributed by atoms with Gasteiger partial charge in [0.05, 0.1) is 7.11 Å². The Morgan fingerprint density at radius 3 is 2.31 bits per heavy atom. The summed E-state index contributed by atoms with van der Waals surface area (Å²) in [7, 11) is 5.61. The molecule has 0 aliphatic heterocycles. The Morgan fingerprint density at radius 2 is 1.73 bits per heavy atom. The Kier molecular flexibility index (Phi) is 6.89. The summed E-state index contributed by atoms with van der Waals surface area (Å²) in [5.41, 5.74) is 3.31. The molecule has 2 rings (SSSR count). The van der Waals surface area contributed by atoms with Gasteiger partial charge in [0, 0.05) is 32.9 Å². The summed E-state index contributed by atoms with van der Waals surface area (Å²) in [6.45, 7) is 5.14. The molecule has 0 spiro atoms. The first kappa shape index (κ1) is 19.6. The molecule has 1 amide bonds. The molecule has 0 atom stereocenters. The first-order chi connectivity index (χ1) is 12.4. The number of hydrogen-bond donors (Lipinski definition) is 0. The fourth-order valence-electron chi connectivity index (χ4n) is 2.62. The zero-order valence-electron chi connectivity index (χ0n) is 16.3. The first-order valence-electron chi connectivity index (χ1n) is 8.76. The van der Waals surface area contributed by atoms with Gasteiger partial charge < -0.3 is 19.3 Å². The minimum absolute atomic E-state index is 0.0109. The Balaban J connectivity index is 1.98. The number of methoxy groups -OCH3 is 1. The Morgan fingerprint density at radius 1 is 1.04 bits per heavy atom. The third kappa shape index (κ3) is 5.15. The number of rotatable bonds is 8. The third-order valence-corrected chi connectivity index (χ3v) is 4.23. The average Bonchev–Trinajstić information content (AvgIpc) is 2.65. The molecule has 140 valence electrons.